The smallest absolute Gasteiger partial charge is 0.255 e. The molecule has 16 heavy (non-hydrogen) atoms. The molecule has 0 aromatic carbocycles. The summed E-state index contributed by atoms with van der Waals surface area (Å²) in [6.07, 6.45) is 9.24. The number of hydrogen-bond donors (Lipinski definition) is 0. The zero-order chi connectivity index (χ0) is 12.0. The summed E-state index contributed by atoms with van der Waals surface area (Å²) in [6, 6.07) is 0. The first-order chi connectivity index (χ1) is 7.58. The molecule has 0 atom stereocenters. The van der Waals surface area contributed by atoms with Gasteiger partial charge in [-0.25, -0.2) is 0 Å². The van der Waals surface area contributed by atoms with Crippen LogP contribution in [-0.2, 0) is 4.79 Å². The minimum Gasteiger partial charge on any atom is -0.301 e. The van der Waals surface area contributed by atoms with E-state index in [4.69, 9.17) is 0 Å². The summed E-state index contributed by atoms with van der Waals surface area (Å²) in [5.74, 6) is 0.140. The average molecular weight is 224 g/mol. The molecule has 0 saturated carbocycles. The van der Waals surface area contributed by atoms with Gasteiger partial charge in [0.05, 0.1) is 6.34 Å². The maximum Gasteiger partial charge on any atom is 0.255 e. The molecular weight excluding hydrogens is 200 g/mol. The Morgan fingerprint density at radius 2 is 1.81 bits per heavy atom. The summed E-state index contributed by atoms with van der Waals surface area (Å²) >= 11 is 0. The second kappa shape index (κ2) is 6.02. The molecule has 0 radical (unpaired) electrons. The third-order valence-electron chi connectivity index (χ3n) is 3.06. The molecule has 1 aliphatic rings. The van der Waals surface area contributed by atoms with Crippen molar-refractivity contribution in [3.8, 4) is 0 Å². The SMILES string of the molecule is CCCCCCCCN1C=NC(C)(C)C1=O. The molecule has 0 aromatic rings. The number of unbranched alkanes of at least 4 members (excludes halogenated alkanes) is 5. The maximum atomic E-state index is 11.8. The van der Waals surface area contributed by atoms with Crippen molar-refractivity contribution in [2.75, 3.05) is 6.54 Å². The van der Waals surface area contributed by atoms with Crippen LogP contribution < -0.4 is 0 Å². The van der Waals surface area contributed by atoms with E-state index < -0.39 is 5.54 Å². The zero-order valence-electron chi connectivity index (χ0n) is 10.8. The number of aliphatic imine (C=N–C) groups is 1. The number of rotatable bonds is 7. The molecule has 0 bridgehead atoms. The van der Waals surface area contributed by atoms with Crippen LogP contribution in [0.4, 0.5) is 0 Å². The van der Waals surface area contributed by atoms with Gasteiger partial charge in [0.1, 0.15) is 5.54 Å². The van der Waals surface area contributed by atoms with Crippen molar-refractivity contribution in [3.05, 3.63) is 0 Å². The fraction of sp³-hybridized carbons (Fsp3) is 0.846. The first-order valence-corrected chi connectivity index (χ1v) is 6.44. The molecule has 3 heteroatoms. The summed E-state index contributed by atoms with van der Waals surface area (Å²) in [5.41, 5.74) is -0.526. The molecule has 1 amide bonds. The van der Waals surface area contributed by atoms with E-state index in [1.807, 2.05) is 13.8 Å². The fourth-order valence-electron chi connectivity index (χ4n) is 1.89. The third kappa shape index (κ3) is 3.62. The second-order valence-corrected chi connectivity index (χ2v) is 5.07. The Kier molecular flexibility index (Phi) is 4.97. The van der Waals surface area contributed by atoms with E-state index >= 15 is 0 Å². The van der Waals surface area contributed by atoms with Crippen molar-refractivity contribution in [1.29, 1.82) is 0 Å². The monoisotopic (exact) mass is 224 g/mol. The normalized spacial score (nSPS) is 18.4. The molecule has 0 fully saturated rings. The van der Waals surface area contributed by atoms with Crippen molar-refractivity contribution in [2.45, 2.75) is 64.8 Å². The van der Waals surface area contributed by atoms with Crippen LogP contribution in [0.1, 0.15) is 59.3 Å². The number of carbonyl (C=O) groups excluding carboxylic acids is 1. The molecule has 3 nitrogen and oxygen atoms in total. The van der Waals surface area contributed by atoms with Crippen LogP contribution in [0.3, 0.4) is 0 Å². The van der Waals surface area contributed by atoms with E-state index in [1.165, 1.54) is 32.1 Å². The Hall–Kier alpha value is -0.860. The Bertz CT molecular complexity index is 259. The van der Waals surface area contributed by atoms with Gasteiger partial charge < -0.3 is 4.90 Å². The van der Waals surface area contributed by atoms with Crippen molar-refractivity contribution in [2.24, 2.45) is 4.99 Å². The van der Waals surface area contributed by atoms with Crippen LogP contribution in [0, 0.1) is 0 Å². The van der Waals surface area contributed by atoms with Gasteiger partial charge in [-0.3, -0.25) is 9.79 Å². The molecular formula is C13H24N2O. The summed E-state index contributed by atoms with van der Waals surface area (Å²) < 4.78 is 0. The van der Waals surface area contributed by atoms with Crippen LogP contribution >= 0.6 is 0 Å². The Balaban J connectivity index is 2.11. The fourth-order valence-corrected chi connectivity index (χ4v) is 1.89. The van der Waals surface area contributed by atoms with E-state index in [0.29, 0.717) is 0 Å². The highest BCUT2D eigenvalue weighted by Crippen LogP contribution is 2.18. The predicted octanol–water partition coefficient (Wildman–Crippen LogP) is 3.00. The molecule has 0 saturated heterocycles. The first-order valence-electron chi connectivity index (χ1n) is 6.44. The van der Waals surface area contributed by atoms with Gasteiger partial charge in [0.15, 0.2) is 0 Å². The highest BCUT2D eigenvalue weighted by atomic mass is 16.2. The molecule has 92 valence electrons. The number of carbonyl (C=O) groups is 1. The summed E-state index contributed by atoms with van der Waals surface area (Å²) in [6.45, 7) is 6.79. The van der Waals surface area contributed by atoms with Crippen LogP contribution in [0.5, 0.6) is 0 Å². The molecule has 0 unspecified atom stereocenters. The molecule has 0 spiro atoms. The van der Waals surface area contributed by atoms with Crippen LogP contribution in [0.2, 0.25) is 0 Å². The molecule has 1 heterocycles. The summed E-state index contributed by atoms with van der Waals surface area (Å²) in [7, 11) is 0. The Labute approximate surface area is 98.9 Å². The van der Waals surface area contributed by atoms with Gasteiger partial charge >= 0.3 is 0 Å². The van der Waals surface area contributed by atoms with E-state index in [1.54, 1.807) is 11.2 Å². The summed E-state index contributed by atoms with van der Waals surface area (Å²) in [5, 5.41) is 0. The van der Waals surface area contributed by atoms with E-state index in [9.17, 15) is 4.79 Å². The van der Waals surface area contributed by atoms with E-state index in [0.717, 1.165) is 13.0 Å². The maximum absolute atomic E-state index is 11.8. The number of amides is 1. The van der Waals surface area contributed by atoms with Gasteiger partial charge in [0.25, 0.3) is 5.91 Å². The molecule has 0 N–H and O–H groups in total. The third-order valence-corrected chi connectivity index (χ3v) is 3.06. The van der Waals surface area contributed by atoms with Gasteiger partial charge in [0.2, 0.25) is 0 Å². The molecule has 0 aliphatic carbocycles. The second-order valence-electron chi connectivity index (χ2n) is 5.07. The van der Waals surface area contributed by atoms with E-state index in [-0.39, 0.29) is 5.91 Å². The van der Waals surface area contributed by atoms with Gasteiger partial charge in [-0.2, -0.15) is 0 Å². The Morgan fingerprint density at radius 3 is 2.38 bits per heavy atom. The zero-order valence-corrected chi connectivity index (χ0v) is 10.8. The lowest BCUT2D eigenvalue weighted by Crippen LogP contribution is -2.37. The van der Waals surface area contributed by atoms with Gasteiger partial charge in [-0.05, 0) is 20.3 Å². The molecule has 0 aromatic heterocycles. The largest absolute Gasteiger partial charge is 0.301 e. The average Bonchev–Trinajstić information content (AvgIpc) is 2.50. The first kappa shape index (κ1) is 13.2. The predicted molar refractivity (Wildman–Crippen MR) is 67.7 cm³/mol. The van der Waals surface area contributed by atoms with Gasteiger partial charge in [0, 0.05) is 6.54 Å². The Morgan fingerprint density at radius 1 is 1.19 bits per heavy atom. The van der Waals surface area contributed by atoms with Crippen molar-refractivity contribution >= 4 is 12.2 Å². The molecule has 1 aliphatic heterocycles. The van der Waals surface area contributed by atoms with Gasteiger partial charge in [-0.15, -0.1) is 0 Å². The lowest BCUT2D eigenvalue weighted by atomic mass is 10.1. The highest BCUT2D eigenvalue weighted by molar-refractivity contribution is 5.99. The lowest BCUT2D eigenvalue weighted by Gasteiger charge is -2.17. The van der Waals surface area contributed by atoms with Crippen LogP contribution in [-0.4, -0.2) is 29.2 Å². The quantitative estimate of drug-likeness (QED) is 0.612. The van der Waals surface area contributed by atoms with E-state index in [2.05, 4.69) is 11.9 Å². The number of nitrogens with zero attached hydrogens (tertiary/aromatic N) is 2. The van der Waals surface area contributed by atoms with Crippen molar-refractivity contribution in [3.63, 3.8) is 0 Å². The molecule has 1 rings (SSSR count). The topological polar surface area (TPSA) is 32.7 Å². The lowest BCUT2D eigenvalue weighted by molar-refractivity contribution is -0.130. The minimum absolute atomic E-state index is 0.140. The van der Waals surface area contributed by atoms with Crippen LogP contribution in [0.25, 0.3) is 0 Å². The van der Waals surface area contributed by atoms with Crippen molar-refractivity contribution in [1.82, 2.24) is 4.90 Å². The van der Waals surface area contributed by atoms with Crippen LogP contribution in [0.15, 0.2) is 4.99 Å². The standard InChI is InChI=1S/C13H24N2O/c1-4-5-6-7-8-9-10-15-11-14-13(2,3)12(15)16/h11H,4-10H2,1-3H3. The summed E-state index contributed by atoms with van der Waals surface area (Å²) in [4.78, 5) is 17.8. The minimum atomic E-state index is -0.526. The number of hydrogen-bond acceptors (Lipinski definition) is 2. The van der Waals surface area contributed by atoms with Gasteiger partial charge in [-0.1, -0.05) is 39.0 Å². The highest BCUT2D eigenvalue weighted by Gasteiger charge is 2.35. The van der Waals surface area contributed by atoms with Crippen molar-refractivity contribution < 1.29 is 4.79 Å².